The van der Waals surface area contributed by atoms with Gasteiger partial charge in [0.05, 0.1) is 12.3 Å². The van der Waals surface area contributed by atoms with E-state index in [9.17, 15) is 8.42 Å². The molecule has 0 unspecified atom stereocenters. The van der Waals surface area contributed by atoms with E-state index in [0.717, 1.165) is 17.5 Å². The second kappa shape index (κ2) is 4.85. The maximum Gasteiger partial charge on any atom is 0.156 e. The second-order valence-corrected chi connectivity index (χ2v) is 6.29. The van der Waals surface area contributed by atoms with Crippen molar-refractivity contribution in [1.82, 2.24) is 5.32 Å². The molecule has 1 heterocycles. The Hall–Kier alpha value is -0.230. The maximum absolute atomic E-state index is 10.8. The lowest BCUT2D eigenvalue weighted by atomic mass is 10.5. The summed E-state index contributed by atoms with van der Waals surface area (Å²) in [6, 6.07) is 0. The Morgan fingerprint density at radius 1 is 1.62 bits per heavy atom. The van der Waals surface area contributed by atoms with Crippen molar-refractivity contribution < 1.29 is 8.42 Å². The standard InChI is InChI=1S/C7H14N2O2S2/c1-13(10,11)6-2-3-8-7-9-4-5-12-7/h2-6H2,1H3,(H,8,9). The summed E-state index contributed by atoms with van der Waals surface area (Å²) in [4.78, 5) is 4.19. The molecular weight excluding hydrogens is 208 g/mol. The quantitative estimate of drug-likeness (QED) is 0.686. The summed E-state index contributed by atoms with van der Waals surface area (Å²) in [6.45, 7) is 1.57. The number of nitrogens with one attached hydrogen (secondary N) is 1. The average molecular weight is 222 g/mol. The summed E-state index contributed by atoms with van der Waals surface area (Å²) in [5.41, 5.74) is 0. The molecule has 0 bridgehead atoms. The van der Waals surface area contributed by atoms with Gasteiger partial charge in [0.1, 0.15) is 9.84 Å². The molecule has 0 aromatic carbocycles. The van der Waals surface area contributed by atoms with Crippen molar-refractivity contribution >= 4 is 26.8 Å². The Balaban J connectivity index is 2.07. The molecule has 0 aromatic rings. The zero-order valence-electron chi connectivity index (χ0n) is 7.62. The van der Waals surface area contributed by atoms with Crippen molar-refractivity contribution in [3.05, 3.63) is 0 Å². The van der Waals surface area contributed by atoms with Gasteiger partial charge in [-0.25, -0.2) is 8.42 Å². The molecule has 0 radical (unpaired) electrons. The molecule has 1 rings (SSSR count). The van der Waals surface area contributed by atoms with Gasteiger partial charge in [-0.3, -0.25) is 4.99 Å². The van der Waals surface area contributed by atoms with Gasteiger partial charge >= 0.3 is 0 Å². The summed E-state index contributed by atoms with van der Waals surface area (Å²) in [5.74, 6) is 1.28. The van der Waals surface area contributed by atoms with Crippen LogP contribution in [-0.4, -0.2) is 44.4 Å². The molecule has 0 amide bonds. The van der Waals surface area contributed by atoms with Crippen LogP contribution in [0.25, 0.3) is 0 Å². The monoisotopic (exact) mass is 222 g/mol. The highest BCUT2D eigenvalue weighted by Crippen LogP contribution is 2.08. The number of hydrogen-bond acceptors (Lipinski definition) is 5. The first kappa shape index (κ1) is 10.8. The average Bonchev–Trinajstić information content (AvgIpc) is 2.48. The number of nitrogens with zero attached hydrogens (tertiary/aromatic N) is 1. The molecule has 1 N–H and O–H groups in total. The van der Waals surface area contributed by atoms with Gasteiger partial charge in [0, 0.05) is 18.6 Å². The molecule has 1 aliphatic heterocycles. The highest BCUT2D eigenvalue weighted by Gasteiger charge is 2.06. The summed E-state index contributed by atoms with van der Waals surface area (Å²) in [6.07, 6.45) is 1.91. The van der Waals surface area contributed by atoms with Crippen LogP contribution in [0.1, 0.15) is 6.42 Å². The van der Waals surface area contributed by atoms with Gasteiger partial charge in [0.25, 0.3) is 0 Å². The SMILES string of the molecule is CS(=O)(=O)CCCNC1=NCCS1. The fourth-order valence-electron chi connectivity index (χ4n) is 0.972. The normalized spacial score (nSPS) is 17.2. The van der Waals surface area contributed by atoms with Crippen molar-refractivity contribution in [2.45, 2.75) is 6.42 Å². The van der Waals surface area contributed by atoms with Gasteiger partial charge in [-0.2, -0.15) is 0 Å². The molecule has 0 saturated carbocycles. The first-order chi connectivity index (χ1) is 6.08. The van der Waals surface area contributed by atoms with E-state index in [1.165, 1.54) is 6.26 Å². The predicted octanol–water partition coefficient (Wildman–Crippen LogP) is 0.114. The number of thioether (sulfide) groups is 1. The highest BCUT2D eigenvalue weighted by atomic mass is 32.2. The van der Waals surface area contributed by atoms with Crippen LogP contribution in [0.4, 0.5) is 0 Å². The maximum atomic E-state index is 10.8. The molecule has 13 heavy (non-hydrogen) atoms. The van der Waals surface area contributed by atoms with Crippen molar-refractivity contribution in [3.63, 3.8) is 0 Å². The van der Waals surface area contributed by atoms with Crippen LogP contribution in [-0.2, 0) is 9.84 Å². The summed E-state index contributed by atoms with van der Waals surface area (Å²) in [7, 11) is -2.81. The number of rotatable bonds is 4. The number of amidine groups is 1. The van der Waals surface area contributed by atoms with Crippen LogP contribution in [0.5, 0.6) is 0 Å². The van der Waals surface area contributed by atoms with E-state index in [4.69, 9.17) is 0 Å². The lowest BCUT2D eigenvalue weighted by Crippen LogP contribution is -2.22. The molecule has 1 aliphatic rings. The first-order valence-electron chi connectivity index (χ1n) is 4.17. The van der Waals surface area contributed by atoms with Crippen LogP contribution in [0.3, 0.4) is 0 Å². The Morgan fingerprint density at radius 2 is 2.38 bits per heavy atom. The van der Waals surface area contributed by atoms with Crippen molar-refractivity contribution in [2.75, 3.05) is 30.9 Å². The smallest absolute Gasteiger partial charge is 0.156 e. The highest BCUT2D eigenvalue weighted by molar-refractivity contribution is 8.14. The lowest BCUT2D eigenvalue weighted by Gasteiger charge is -2.03. The van der Waals surface area contributed by atoms with Gasteiger partial charge in [-0.1, -0.05) is 11.8 Å². The lowest BCUT2D eigenvalue weighted by molar-refractivity contribution is 0.598. The third kappa shape index (κ3) is 5.15. The molecular formula is C7H14N2O2S2. The topological polar surface area (TPSA) is 58.5 Å². The fraction of sp³-hybridized carbons (Fsp3) is 0.857. The minimum absolute atomic E-state index is 0.248. The van der Waals surface area contributed by atoms with Crippen LogP contribution in [0, 0.1) is 0 Å². The molecule has 0 fully saturated rings. The Labute approximate surface area is 83.1 Å². The van der Waals surface area contributed by atoms with E-state index < -0.39 is 9.84 Å². The molecule has 0 atom stereocenters. The van der Waals surface area contributed by atoms with Crippen LogP contribution < -0.4 is 5.32 Å². The van der Waals surface area contributed by atoms with Crippen LogP contribution in [0.15, 0.2) is 4.99 Å². The Kier molecular flexibility index (Phi) is 4.05. The number of aliphatic imine (C=N–C) groups is 1. The van der Waals surface area contributed by atoms with Crippen molar-refractivity contribution in [2.24, 2.45) is 4.99 Å². The number of sulfone groups is 1. The Morgan fingerprint density at radius 3 is 2.92 bits per heavy atom. The molecule has 0 aromatic heterocycles. The second-order valence-electron chi connectivity index (χ2n) is 2.95. The van der Waals surface area contributed by atoms with Crippen molar-refractivity contribution in [1.29, 1.82) is 0 Å². The molecule has 0 spiro atoms. The van der Waals surface area contributed by atoms with Gasteiger partial charge in [-0.15, -0.1) is 0 Å². The molecule has 0 aliphatic carbocycles. The third-order valence-electron chi connectivity index (χ3n) is 1.55. The molecule has 0 saturated heterocycles. The van der Waals surface area contributed by atoms with E-state index in [0.29, 0.717) is 13.0 Å². The minimum atomic E-state index is -2.81. The summed E-state index contributed by atoms with van der Waals surface area (Å²) >= 11 is 1.69. The van der Waals surface area contributed by atoms with E-state index >= 15 is 0 Å². The summed E-state index contributed by atoms with van der Waals surface area (Å²) < 4.78 is 21.5. The molecule has 6 heteroatoms. The van der Waals surface area contributed by atoms with E-state index in [1.807, 2.05) is 0 Å². The van der Waals surface area contributed by atoms with E-state index in [-0.39, 0.29) is 5.75 Å². The summed E-state index contributed by atoms with van der Waals surface area (Å²) in [5, 5.41) is 4.06. The van der Waals surface area contributed by atoms with Gasteiger partial charge < -0.3 is 5.32 Å². The van der Waals surface area contributed by atoms with Crippen LogP contribution in [0.2, 0.25) is 0 Å². The first-order valence-corrected chi connectivity index (χ1v) is 7.21. The van der Waals surface area contributed by atoms with E-state index in [1.54, 1.807) is 11.8 Å². The van der Waals surface area contributed by atoms with Gasteiger partial charge in [0.15, 0.2) is 5.17 Å². The zero-order valence-corrected chi connectivity index (χ0v) is 9.25. The molecule has 4 nitrogen and oxygen atoms in total. The third-order valence-corrected chi connectivity index (χ3v) is 3.52. The largest absolute Gasteiger partial charge is 0.365 e. The number of hydrogen-bond donors (Lipinski definition) is 1. The Bertz CT molecular complexity index is 285. The van der Waals surface area contributed by atoms with Crippen molar-refractivity contribution in [3.8, 4) is 0 Å². The predicted molar refractivity (Wildman–Crippen MR) is 57.1 cm³/mol. The van der Waals surface area contributed by atoms with Crippen LogP contribution >= 0.6 is 11.8 Å². The minimum Gasteiger partial charge on any atom is -0.365 e. The van der Waals surface area contributed by atoms with Gasteiger partial charge in [0.2, 0.25) is 0 Å². The molecule has 76 valence electrons. The van der Waals surface area contributed by atoms with Gasteiger partial charge in [-0.05, 0) is 6.42 Å². The zero-order chi connectivity index (χ0) is 9.73. The van der Waals surface area contributed by atoms with E-state index in [2.05, 4.69) is 10.3 Å². The fourth-order valence-corrected chi connectivity index (χ4v) is 2.40.